The third-order valence-electron chi connectivity index (χ3n) is 7.63. The summed E-state index contributed by atoms with van der Waals surface area (Å²) in [6, 6.07) is 10.9. The van der Waals surface area contributed by atoms with Gasteiger partial charge in [0, 0.05) is 43.0 Å². The van der Waals surface area contributed by atoms with Gasteiger partial charge in [-0.25, -0.2) is 4.79 Å². The van der Waals surface area contributed by atoms with Crippen LogP contribution < -0.4 is 10.6 Å². The van der Waals surface area contributed by atoms with Gasteiger partial charge in [-0.15, -0.1) is 21.5 Å². The van der Waals surface area contributed by atoms with Gasteiger partial charge in [0.25, 0.3) is 5.91 Å². The molecule has 44 heavy (non-hydrogen) atoms. The Morgan fingerprint density at radius 3 is 2.41 bits per heavy atom. The van der Waals surface area contributed by atoms with Crippen LogP contribution in [-0.4, -0.2) is 61.5 Å². The molecule has 230 valence electrons. The quantitative estimate of drug-likeness (QED) is 0.271. The molecule has 0 saturated carbocycles. The number of pyridine rings is 1. The maximum atomic E-state index is 14.1. The minimum Gasteiger partial charge on any atom is -0.424 e. The van der Waals surface area contributed by atoms with E-state index in [1.807, 2.05) is 43.3 Å². The van der Waals surface area contributed by atoms with Crippen molar-refractivity contribution in [2.45, 2.75) is 66.0 Å². The van der Waals surface area contributed by atoms with Crippen LogP contribution in [0.2, 0.25) is 0 Å². The Bertz CT molecular complexity index is 1700. The molecule has 1 aliphatic rings. The van der Waals surface area contributed by atoms with Crippen molar-refractivity contribution in [1.29, 1.82) is 0 Å². The molecule has 0 bridgehead atoms. The molecule has 0 atom stereocenters. The van der Waals surface area contributed by atoms with Gasteiger partial charge in [0.05, 0.1) is 12.1 Å². The number of nitrogens with zero attached hydrogens (tertiary/aromatic N) is 5. The highest BCUT2D eigenvalue weighted by Crippen LogP contribution is 2.38. The molecule has 3 aromatic heterocycles. The van der Waals surface area contributed by atoms with Gasteiger partial charge < -0.3 is 19.5 Å². The van der Waals surface area contributed by atoms with E-state index in [4.69, 9.17) is 4.42 Å². The van der Waals surface area contributed by atoms with Gasteiger partial charge >= 0.3 is 6.03 Å². The van der Waals surface area contributed by atoms with Crippen molar-refractivity contribution in [3.8, 4) is 11.1 Å². The van der Waals surface area contributed by atoms with Crippen LogP contribution in [0.25, 0.3) is 11.1 Å². The van der Waals surface area contributed by atoms with Gasteiger partial charge in [-0.2, -0.15) is 0 Å². The summed E-state index contributed by atoms with van der Waals surface area (Å²) in [4.78, 5) is 49.2. The molecule has 1 saturated heterocycles. The van der Waals surface area contributed by atoms with Crippen LogP contribution in [0.15, 0.2) is 53.2 Å². The molecule has 0 unspecified atom stereocenters. The maximum Gasteiger partial charge on any atom is 0.324 e. The number of hydrogen-bond acceptors (Lipinski definition) is 8. The van der Waals surface area contributed by atoms with Crippen molar-refractivity contribution in [2.24, 2.45) is 0 Å². The van der Waals surface area contributed by atoms with E-state index >= 15 is 0 Å². The lowest BCUT2D eigenvalue weighted by atomic mass is 9.93. The number of carbonyl (C=O) groups excluding carboxylic acids is 3. The summed E-state index contributed by atoms with van der Waals surface area (Å²) in [7, 11) is 0. The maximum absolute atomic E-state index is 14.1. The highest BCUT2D eigenvalue weighted by Gasteiger charge is 2.45. The number of rotatable bonds is 6. The van der Waals surface area contributed by atoms with Crippen molar-refractivity contribution >= 4 is 39.9 Å². The number of carbonyl (C=O) groups is 3. The second kappa shape index (κ2) is 11.8. The third kappa shape index (κ3) is 6.35. The lowest BCUT2D eigenvalue weighted by molar-refractivity contribution is -0.147. The standard InChI is InChI=1S/C32H37N7O4S/c1-19-8-9-22(16-23(19)21-10-12-33-13-11-21)34-30(42)35-27-24(17-25(44-27)31(3,4)5)28(40)39-15-14-38(29(41)32(39,6)7)18-26-37-36-20(2)43-26/h8-13,16-17H,14-15,18H2,1-7H3,(H2,34,35,42). The Balaban J connectivity index is 1.37. The van der Waals surface area contributed by atoms with E-state index in [2.05, 4.69) is 46.6 Å². The minimum absolute atomic E-state index is 0.173. The van der Waals surface area contributed by atoms with E-state index in [1.54, 1.807) is 43.0 Å². The first-order valence-electron chi connectivity index (χ1n) is 14.4. The molecule has 5 rings (SSSR count). The van der Waals surface area contributed by atoms with Crippen LogP contribution in [0, 0.1) is 13.8 Å². The second-order valence-corrected chi connectivity index (χ2v) is 13.5. The van der Waals surface area contributed by atoms with Crippen molar-refractivity contribution in [2.75, 3.05) is 23.7 Å². The average Bonchev–Trinajstić information content (AvgIpc) is 3.58. The number of anilines is 2. The van der Waals surface area contributed by atoms with Gasteiger partial charge in [-0.3, -0.25) is 19.9 Å². The van der Waals surface area contributed by atoms with Crippen molar-refractivity contribution in [3.63, 3.8) is 0 Å². The molecule has 4 heterocycles. The van der Waals surface area contributed by atoms with Crippen LogP contribution in [-0.2, 0) is 16.8 Å². The van der Waals surface area contributed by atoms with Gasteiger partial charge in [-0.05, 0) is 73.2 Å². The molecule has 1 aromatic carbocycles. The molecule has 0 radical (unpaired) electrons. The van der Waals surface area contributed by atoms with E-state index in [0.29, 0.717) is 41.1 Å². The van der Waals surface area contributed by atoms with Crippen LogP contribution in [0.4, 0.5) is 15.5 Å². The largest absolute Gasteiger partial charge is 0.424 e. The number of piperazine rings is 1. The van der Waals surface area contributed by atoms with Crippen molar-refractivity contribution in [3.05, 3.63) is 76.6 Å². The summed E-state index contributed by atoms with van der Waals surface area (Å²) in [6.45, 7) is 14.1. The average molecular weight is 616 g/mol. The molecule has 12 heteroatoms. The fraction of sp³-hybridized carbons (Fsp3) is 0.375. The zero-order chi connectivity index (χ0) is 31.8. The molecule has 1 aliphatic heterocycles. The van der Waals surface area contributed by atoms with E-state index < -0.39 is 11.6 Å². The highest BCUT2D eigenvalue weighted by atomic mass is 32.1. The molecule has 11 nitrogen and oxygen atoms in total. The Labute approximate surface area is 260 Å². The van der Waals surface area contributed by atoms with E-state index in [9.17, 15) is 14.4 Å². The highest BCUT2D eigenvalue weighted by molar-refractivity contribution is 7.16. The van der Waals surface area contributed by atoms with E-state index in [1.165, 1.54) is 11.3 Å². The number of aromatic nitrogens is 3. The summed E-state index contributed by atoms with van der Waals surface area (Å²) >= 11 is 1.36. The van der Waals surface area contributed by atoms with Gasteiger partial charge in [0.1, 0.15) is 10.5 Å². The van der Waals surface area contributed by atoms with E-state index in [0.717, 1.165) is 21.6 Å². The van der Waals surface area contributed by atoms with Gasteiger partial charge in [0.2, 0.25) is 17.7 Å². The fourth-order valence-corrected chi connectivity index (χ4v) is 6.24. The lowest BCUT2D eigenvalue weighted by Gasteiger charge is -2.45. The van der Waals surface area contributed by atoms with Gasteiger partial charge in [0.15, 0.2) is 0 Å². The van der Waals surface area contributed by atoms with Crippen molar-refractivity contribution < 1.29 is 18.8 Å². The summed E-state index contributed by atoms with van der Waals surface area (Å²) in [6.07, 6.45) is 3.46. The molecule has 4 amide bonds. The molecule has 4 aromatic rings. The third-order valence-corrected chi connectivity index (χ3v) is 9.11. The molecular formula is C32H37N7O4S. The van der Waals surface area contributed by atoms with Crippen LogP contribution in [0.1, 0.15) is 67.2 Å². The number of aryl methyl sites for hydroxylation is 2. The zero-order valence-electron chi connectivity index (χ0n) is 26.0. The molecule has 0 aliphatic carbocycles. The van der Waals surface area contributed by atoms with Crippen molar-refractivity contribution in [1.82, 2.24) is 25.0 Å². The van der Waals surface area contributed by atoms with Crippen LogP contribution >= 0.6 is 11.3 Å². The summed E-state index contributed by atoms with van der Waals surface area (Å²) < 4.78 is 5.47. The SMILES string of the molecule is Cc1nnc(CN2CCN(C(=O)c3cc(C(C)(C)C)sc3NC(=O)Nc3ccc(C)c(-c4ccncc4)c3)C(C)(C)C2=O)o1. The fourth-order valence-electron chi connectivity index (χ4n) is 5.14. The lowest BCUT2D eigenvalue weighted by Crippen LogP contribution is -2.64. The Morgan fingerprint density at radius 1 is 1.02 bits per heavy atom. The van der Waals surface area contributed by atoms with Crippen LogP contribution in [0.5, 0.6) is 0 Å². The van der Waals surface area contributed by atoms with Gasteiger partial charge in [-0.1, -0.05) is 26.8 Å². The number of thiophene rings is 1. The van der Waals surface area contributed by atoms with E-state index in [-0.39, 0.29) is 23.8 Å². The molecule has 0 spiro atoms. The number of urea groups is 1. The summed E-state index contributed by atoms with van der Waals surface area (Å²) in [5.74, 6) is 0.219. The second-order valence-electron chi connectivity index (χ2n) is 12.4. The first-order valence-corrected chi connectivity index (χ1v) is 15.2. The molecular weight excluding hydrogens is 578 g/mol. The predicted octanol–water partition coefficient (Wildman–Crippen LogP) is 6.01. The number of nitrogens with one attached hydrogen (secondary N) is 2. The zero-order valence-corrected chi connectivity index (χ0v) is 26.8. The number of hydrogen-bond donors (Lipinski definition) is 2. The number of benzene rings is 1. The van der Waals surface area contributed by atoms with Crippen LogP contribution in [0.3, 0.4) is 0 Å². The smallest absolute Gasteiger partial charge is 0.324 e. The first-order chi connectivity index (χ1) is 20.7. The molecule has 1 fully saturated rings. The molecule has 2 N–H and O–H groups in total. The predicted molar refractivity (Wildman–Crippen MR) is 170 cm³/mol. The Hall–Kier alpha value is -4.58. The summed E-state index contributed by atoms with van der Waals surface area (Å²) in [5.41, 5.74) is 2.59. The first kappa shape index (κ1) is 30.9. The Kier molecular flexibility index (Phi) is 8.30. The number of amides is 4. The Morgan fingerprint density at radius 2 is 1.75 bits per heavy atom. The normalized spacial score (nSPS) is 14.9. The summed E-state index contributed by atoms with van der Waals surface area (Å²) in [5, 5.41) is 14.1. The monoisotopic (exact) mass is 615 g/mol. The minimum atomic E-state index is -1.14. The topological polar surface area (TPSA) is 134 Å².